The molecule has 0 amide bonds. The molecule has 0 bridgehead atoms. The molecule has 6 heteroatoms. The van der Waals surface area contributed by atoms with Crippen LogP contribution in [0, 0.1) is 0 Å². The highest BCUT2D eigenvalue weighted by atomic mass is 32.1. The highest BCUT2D eigenvalue weighted by Gasteiger charge is 2.30. The summed E-state index contributed by atoms with van der Waals surface area (Å²) in [7, 11) is 0. The van der Waals surface area contributed by atoms with Crippen molar-refractivity contribution in [2.24, 2.45) is 0 Å². The number of hydrogen-bond donors (Lipinski definition) is 1. The molecule has 3 aromatic rings. The Hall–Kier alpha value is -2.34. The van der Waals surface area contributed by atoms with Gasteiger partial charge in [-0.2, -0.15) is 13.2 Å². The number of benzene rings is 2. The van der Waals surface area contributed by atoms with E-state index >= 15 is 0 Å². The van der Waals surface area contributed by atoms with Crippen LogP contribution in [-0.2, 0) is 6.18 Å². The molecule has 0 aliphatic rings. The Kier molecular flexibility index (Phi) is 3.62. The van der Waals surface area contributed by atoms with Crippen molar-refractivity contribution < 1.29 is 18.3 Å². The van der Waals surface area contributed by atoms with E-state index in [-0.39, 0.29) is 5.75 Å². The lowest BCUT2D eigenvalue weighted by atomic mass is 10.1. The number of nitrogens with zero attached hydrogens (tertiary/aromatic N) is 1. The van der Waals surface area contributed by atoms with E-state index in [1.54, 1.807) is 29.6 Å². The number of para-hydroxylation sites is 1. The first-order valence-electron chi connectivity index (χ1n) is 6.36. The van der Waals surface area contributed by atoms with E-state index < -0.39 is 11.7 Å². The summed E-state index contributed by atoms with van der Waals surface area (Å²) in [6, 6.07) is 11.7. The summed E-state index contributed by atoms with van der Waals surface area (Å²) in [6.07, 6.45) is -4.34. The zero-order chi connectivity index (χ0) is 15.7. The fraction of sp³-hybridized carbons (Fsp3) is 0.0625. The molecule has 22 heavy (non-hydrogen) atoms. The molecule has 1 heterocycles. The van der Waals surface area contributed by atoms with E-state index in [0.717, 1.165) is 12.1 Å². The lowest BCUT2D eigenvalue weighted by molar-refractivity contribution is -0.137. The van der Waals surface area contributed by atoms with Crippen molar-refractivity contribution in [3.8, 4) is 27.6 Å². The first-order valence-corrected chi connectivity index (χ1v) is 7.24. The minimum atomic E-state index is -4.34. The minimum absolute atomic E-state index is 0.117. The Balaban J connectivity index is 1.93. The Labute approximate surface area is 128 Å². The van der Waals surface area contributed by atoms with Crippen molar-refractivity contribution in [2.75, 3.05) is 0 Å². The van der Waals surface area contributed by atoms with Crippen molar-refractivity contribution in [3.63, 3.8) is 0 Å². The van der Waals surface area contributed by atoms with Gasteiger partial charge in [0, 0.05) is 16.5 Å². The van der Waals surface area contributed by atoms with Gasteiger partial charge in [0.05, 0.1) is 11.3 Å². The lowest BCUT2D eigenvalue weighted by Crippen LogP contribution is -2.03. The Morgan fingerprint density at radius 1 is 0.955 bits per heavy atom. The number of phenols is 1. The number of alkyl halides is 3. The van der Waals surface area contributed by atoms with Crippen LogP contribution in [0.15, 0.2) is 53.9 Å². The standard InChI is InChI=1S/C16H10F3NOS/c17-16(18,19)11-7-5-10(6-8-11)15-20-13(9-22-15)12-3-1-2-4-14(12)21/h1-9,21H. The average molecular weight is 321 g/mol. The molecule has 0 saturated heterocycles. The molecule has 112 valence electrons. The first kappa shape index (κ1) is 14.6. The molecule has 0 radical (unpaired) electrons. The molecule has 0 aliphatic heterocycles. The molecular weight excluding hydrogens is 311 g/mol. The van der Waals surface area contributed by atoms with Crippen molar-refractivity contribution in [2.45, 2.75) is 6.18 Å². The van der Waals surface area contributed by atoms with Gasteiger partial charge in [-0.25, -0.2) is 4.98 Å². The predicted molar refractivity (Wildman–Crippen MR) is 79.7 cm³/mol. The summed E-state index contributed by atoms with van der Waals surface area (Å²) < 4.78 is 37.7. The van der Waals surface area contributed by atoms with Crippen molar-refractivity contribution in [1.82, 2.24) is 4.98 Å². The molecule has 1 N–H and O–H groups in total. The maximum Gasteiger partial charge on any atom is 0.416 e. The minimum Gasteiger partial charge on any atom is -0.507 e. The topological polar surface area (TPSA) is 33.1 Å². The van der Waals surface area contributed by atoms with Gasteiger partial charge in [-0.15, -0.1) is 11.3 Å². The summed E-state index contributed by atoms with van der Waals surface area (Å²) in [4.78, 5) is 4.38. The van der Waals surface area contributed by atoms with E-state index in [4.69, 9.17) is 0 Å². The maximum atomic E-state index is 12.6. The molecule has 0 atom stereocenters. The molecule has 2 aromatic carbocycles. The molecule has 2 nitrogen and oxygen atoms in total. The van der Waals surface area contributed by atoms with Gasteiger partial charge in [0.15, 0.2) is 0 Å². The van der Waals surface area contributed by atoms with Gasteiger partial charge in [0.2, 0.25) is 0 Å². The summed E-state index contributed by atoms with van der Waals surface area (Å²) >= 11 is 1.32. The van der Waals surface area contributed by atoms with E-state index in [0.29, 0.717) is 21.8 Å². The third-order valence-corrected chi connectivity index (χ3v) is 4.03. The predicted octanol–water partition coefficient (Wildman–Crippen LogP) is 5.20. The highest BCUT2D eigenvalue weighted by Crippen LogP contribution is 2.35. The number of aromatic nitrogens is 1. The van der Waals surface area contributed by atoms with Gasteiger partial charge in [-0.1, -0.05) is 24.3 Å². The molecule has 1 aromatic heterocycles. The van der Waals surface area contributed by atoms with Gasteiger partial charge in [0.25, 0.3) is 0 Å². The maximum absolute atomic E-state index is 12.6. The molecule has 0 spiro atoms. The highest BCUT2D eigenvalue weighted by molar-refractivity contribution is 7.13. The van der Waals surface area contributed by atoms with Crippen LogP contribution in [0.1, 0.15) is 5.56 Å². The zero-order valence-corrected chi connectivity index (χ0v) is 11.9. The molecule has 0 aliphatic carbocycles. The smallest absolute Gasteiger partial charge is 0.416 e. The van der Waals surface area contributed by atoms with E-state index in [9.17, 15) is 18.3 Å². The summed E-state index contributed by atoms with van der Waals surface area (Å²) in [5.41, 5.74) is 1.11. The van der Waals surface area contributed by atoms with Gasteiger partial charge < -0.3 is 5.11 Å². The molecule has 0 fully saturated rings. The summed E-state index contributed by atoms with van der Waals surface area (Å²) in [6.45, 7) is 0. The van der Waals surface area contributed by atoms with E-state index in [1.165, 1.54) is 23.5 Å². The lowest BCUT2D eigenvalue weighted by Gasteiger charge is -2.06. The number of thiazole rings is 1. The summed E-state index contributed by atoms with van der Waals surface area (Å²) in [5, 5.41) is 12.2. The zero-order valence-electron chi connectivity index (χ0n) is 11.1. The van der Waals surface area contributed by atoms with Crippen molar-refractivity contribution in [1.29, 1.82) is 0 Å². The van der Waals surface area contributed by atoms with Crippen LogP contribution in [0.4, 0.5) is 13.2 Å². The van der Waals surface area contributed by atoms with E-state index in [2.05, 4.69) is 4.98 Å². The number of halogens is 3. The average Bonchev–Trinajstić information content (AvgIpc) is 2.96. The van der Waals surface area contributed by atoms with Crippen molar-refractivity contribution in [3.05, 3.63) is 59.5 Å². The van der Waals surface area contributed by atoms with Gasteiger partial charge in [0.1, 0.15) is 10.8 Å². The monoisotopic (exact) mass is 321 g/mol. The third kappa shape index (κ3) is 2.82. The Bertz CT molecular complexity index is 794. The molecular formula is C16H10F3NOS. The van der Waals surface area contributed by atoms with Gasteiger partial charge in [-0.3, -0.25) is 0 Å². The van der Waals surface area contributed by atoms with E-state index in [1.807, 2.05) is 0 Å². The first-order chi connectivity index (χ1) is 10.4. The second-order valence-electron chi connectivity index (χ2n) is 4.63. The second-order valence-corrected chi connectivity index (χ2v) is 5.49. The van der Waals surface area contributed by atoms with Crippen LogP contribution in [0.3, 0.4) is 0 Å². The SMILES string of the molecule is Oc1ccccc1-c1csc(-c2ccc(C(F)(F)F)cc2)n1. The number of rotatable bonds is 2. The number of aromatic hydroxyl groups is 1. The van der Waals surface area contributed by atoms with Crippen LogP contribution >= 0.6 is 11.3 Å². The number of hydrogen-bond acceptors (Lipinski definition) is 3. The van der Waals surface area contributed by atoms with Crippen LogP contribution in [0.25, 0.3) is 21.8 Å². The Morgan fingerprint density at radius 3 is 2.27 bits per heavy atom. The van der Waals surface area contributed by atoms with Crippen LogP contribution in [0.5, 0.6) is 5.75 Å². The summed E-state index contributed by atoms with van der Waals surface area (Å²) in [5.74, 6) is 0.117. The van der Waals surface area contributed by atoms with Crippen molar-refractivity contribution >= 4 is 11.3 Å². The normalized spacial score (nSPS) is 11.6. The van der Waals surface area contributed by atoms with Crippen LogP contribution < -0.4 is 0 Å². The largest absolute Gasteiger partial charge is 0.507 e. The Morgan fingerprint density at radius 2 is 1.64 bits per heavy atom. The quantitative estimate of drug-likeness (QED) is 0.703. The van der Waals surface area contributed by atoms with Crippen LogP contribution in [0.2, 0.25) is 0 Å². The van der Waals surface area contributed by atoms with Crippen LogP contribution in [-0.4, -0.2) is 10.1 Å². The number of phenolic OH excluding ortho intramolecular Hbond substituents is 1. The van der Waals surface area contributed by atoms with Gasteiger partial charge >= 0.3 is 6.18 Å². The van der Waals surface area contributed by atoms with Gasteiger partial charge in [-0.05, 0) is 24.3 Å². The fourth-order valence-corrected chi connectivity index (χ4v) is 2.85. The molecule has 3 rings (SSSR count). The molecule has 0 saturated carbocycles. The second kappa shape index (κ2) is 5.46. The fourth-order valence-electron chi connectivity index (χ4n) is 2.02. The molecule has 0 unspecified atom stereocenters. The third-order valence-electron chi connectivity index (χ3n) is 3.14.